The maximum atomic E-state index is 11.2. The molecule has 8 heteroatoms. The van der Waals surface area contributed by atoms with Crippen molar-refractivity contribution in [1.82, 2.24) is 10.4 Å². The Hall–Kier alpha value is -2.94. The molecule has 2 aromatic rings. The number of aryl methyl sites for hydroxylation is 2. The number of aldehydes is 1. The van der Waals surface area contributed by atoms with Gasteiger partial charge >= 0.3 is 5.97 Å². The fraction of sp³-hybridized carbons (Fsp3) is 0.440. The van der Waals surface area contributed by atoms with Crippen molar-refractivity contribution < 1.29 is 29.0 Å². The summed E-state index contributed by atoms with van der Waals surface area (Å²) in [6.07, 6.45) is 2.03. The molecule has 0 aromatic heterocycles. The summed E-state index contributed by atoms with van der Waals surface area (Å²) < 4.78 is 11.3. The zero-order chi connectivity index (χ0) is 24.1. The van der Waals surface area contributed by atoms with Crippen molar-refractivity contribution in [3.63, 3.8) is 0 Å². The molecule has 2 rings (SSSR count). The minimum atomic E-state index is -0.955. The number of para-hydroxylation sites is 1. The maximum Gasteiger partial charge on any atom is 0.303 e. The van der Waals surface area contributed by atoms with E-state index >= 15 is 0 Å². The van der Waals surface area contributed by atoms with Crippen LogP contribution in [0.5, 0.6) is 11.5 Å². The molecule has 2 aromatic carbocycles. The van der Waals surface area contributed by atoms with Crippen LogP contribution < -0.4 is 15.0 Å². The van der Waals surface area contributed by atoms with E-state index in [2.05, 4.69) is 17.6 Å². The lowest BCUT2D eigenvalue weighted by Gasteiger charge is -2.24. The highest BCUT2D eigenvalue weighted by Crippen LogP contribution is 2.21. The van der Waals surface area contributed by atoms with Gasteiger partial charge in [-0.1, -0.05) is 30.3 Å². The standard InChI is InChI=1S/C25H34N2O6/c1-27(2)16-23(33-26-21(17-28)12-15-25(29)30)18-32-24-7-5-4-6-20(24)11-8-19-9-13-22(31-3)14-10-19/h4-7,9-10,13-14,17,21,23,26H,8,11-12,15-16,18H2,1-3H3,(H,29,30)/t21-,23-/m0/s1. The van der Waals surface area contributed by atoms with E-state index in [0.717, 1.165) is 29.9 Å². The van der Waals surface area contributed by atoms with Crippen LogP contribution in [-0.2, 0) is 27.3 Å². The van der Waals surface area contributed by atoms with E-state index in [4.69, 9.17) is 19.4 Å². The van der Waals surface area contributed by atoms with Gasteiger partial charge in [-0.05, 0) is 62.7 Å². The van der Waals surface area contributed by atoms with Crippen molar-refractivity contribution in [2.45, 2.75) is 37.8 Å². The molecule has 2 N–H and O–H groups in total. The van der Waals surface area contributed by atoms with Crippen molar-refractivity contribution in [3.05, 3.63) is 59.7 Å². The Morgan fingerprint density at radius 2 is 1.85 bits per heavy atom. The van der Waals surface area contributed by atoms with Crippen molar-refractivity contribution in [1.29, 1.82) is 0 Å². The second kappa shape index (κ2) is 14.3. The first-order valence-electron chi connectivity index (χ1n) is 11.0. The monoisotopic (exact) mass is 458 g/mol. The fourth-order valence-corrected chi connectivity index (χ4v) is 3.25. The second-order valence-electron chi connectivity index (χ2n) is 8.06. The van der Waals surface area contributed by atoms with Crippen LogP contribution in [0.1, 0.15) is 24.0 Å². The molecule has 0 radical (unpaired) electrons. The molecule has 0 unspecified atom stereocenters. The number of carboxylic acid groups (broad SMARTS) is 1. The van der Waals surface area contributed by atoms with Gasteiger partial charge in [0.2, 0.25) is 0 Å². The number of hydroxylamine groups is 1. The summed E-state index contributed by atoms with van der Waals surface area (Å²) in [4.78, 5) is 29.6. The average Bonchev–Trinajstić information content (AvgIpc) is 2.81. The normalized spacial score (nSPS) is 12.8. The van der Waals surface area contributed by atoms with Gasteiger partial charge in [0.15, 0.2) is 0 Å². The van der Waals surface area contributed by atoms with Crippen molar-refractivity contribution in [2.24, 2.45) is 0 Å². The van der Waals surface area contributed by atoms with Gasteiger partial charge in [-0.2, -0.15) is 5.48 Å². The molecule has 180 valence electrons. The fourth-order valence-electron chi connectivity index (χ4n) is 3.25. The largest absolute Gasteiger partial charge is 0.497 e. The van der Waals surface area contributed by atoms with Crippen LogP contribution in [0.3, 0.4) is 0 Å². The van der Waals surface area contributed by atoms with E-state index < -0.39 is 12.0 Å². The van der Waals surface area contributed by atoms with Crippen LogP contribution in [0, 0.1) is 0 Å². The molecule has 0 heterocycles. The molecule has 8 nitrogen and oxygen atoms in total. The minimum absolute atomic E-state index is 0.115. The maximum absolute atomic E-state index is 11.2. The molecule has 0 bridgehead atoms. The zero-order valence-electron chi connectivity index (χ0n) is 19.5. The molecule has 0 saturated heterocycles. The predicted molar refractivity (Wildman–Crippen MR) is 126 cm³/mol. The third-order valence-corrected chi connectivity index (χ3v) is 5.03. The Morgan fingerprint density at radius 1 is 1.12 bits per heavy atom. The van der Waals surface area contributed by atoms with Crippen molar-refractivity contribution >= 4 is 12.3 Å². The van der Waals surface area contributed by atoms with Crippen molar-refractivity contribution in [3.8, 4) is 11.5 Å². The van der Waals surface area contributed by atoms with Crippen LogP contribution in [0.2, 0.25) is 0 Å². The smallest absolute Gasteiger partial charge is 0.303 e. The Kier molecular flexibility index (Phi) is 11.4. The Balaban J connectivity index is 1.94. The Bertz CT molecular complexity index is 856. The number of aliphatic carboxylic acids is 1. The lowest BCUT2D eigenvalue weighted by Crippen LogP contribution is -2.41. The van der Waals surface area contributed by atoms with Crippen LogP contribution in [0.4, 0.5) is 0 Å². The first-order valence-corrected chi connectivity index (χ1v) is 11.0. The number of ether oxygens (including phenoxy) is 2. The number of carbonyl (C=O) groups is 2. The van der Waals surface area contributed by atoms with Crippen LogP contribution >= 0.6 is 0 Å². The topological polar surface area (TPSA) is 97.3 Å². The van der Waals surface area contributed by atoms with E-state index in [-0.39, 0.29) is 25.6 Å². The average molecular weight is 459 g/mol. The molecule has 0 spiro atoms. The second-order valence-corrected chi connectivity index (χ2v) is 8.06. The first kappa shape index (κ1) is 26.3. The minimum Gasteiger partial charge on any atom is -0.497 e. The molecule has 0 amide bonds. The third kappa shape index (κ3) is 10.0. The summed E-state index contributed by atoms with van der Waals surface area (Å²) >= 11 is 0. The first-order chi connectivity index (χ1) is 15.9. The zero-order valence-corrected chi connectivity index (χ0v) is 19.5. The van der Waals surface area contributed by atoms with Crippen LogP contribution in [-0.4, -0.2) is 68.8 Å². The lowest BCUT2D eigenvalue weighted by atomic mass is 10.0. The number of hydrogen-bond acceptors (Lipinski definition) is 7. The van der Waals surface area contributed by atoms with E-state index in [0.29, 0.717) is 12.8 Å². The predicted octanol–water partition coefficient (Wildman–Crippen LogP) is 2.74. The van der Waals surface area contributed by atoms with Gasteiger partial charge in [0.1, 0.15) is 30.5 Å². The summed E-state index contributed by atoms with van der Waals surface area (Å²) in [5.41, 5.74) is 5.00. The summed E-state index contributed by atoms with van der Waals surface area (Å²) in [6.45, 7) is 0.834. The van der Waals surface area contributed by atoms with E-state index in [1.807, 2.05) is 55.4 Å². The number of hydrogen-bond donors (Lipinski definition) is 2. The Morgan fingerprint density at radius 3 is 2.48 bits per heavy atom. The van der Waals surface area contributed by atoms with Gasteiger partial charge in [-0.15, -0.1) is 0 Å². The number of methoxy groups -OCH3 is 1. The number of nitrogens with zero attached hydrogens (tertiary/aromatic N) is 1. The summed E-state index contributed by atoms with van der Waals surface area (Å²) in [7, 11) is 5.49. The van der Waals surface area contributed by atoms with Gasteiger partial charge in [0.05, 0.1) is 13.2 Å². The van der Waals surface area contributed by atoms with Crippen LogP contribution in [0.25, 0.3) is 0 Å². The molecule has 0 fully saturated rings. The number of rotatable bonds is 16. The number of nitrogens with one attached hydrogen (secondary N) is 1. The molecule has 0 aliphatic carbocycles. The van der Waals surface area contributed by atoms with Gasteiger partial charge in [-0.25, -0.2) is 0 Å². The molecular formula is C25H34N2O6. The number of benzene rings is 2. The van der Waals surface area contributed by atoms with Gasteiger partial charge in [0, 0.05) is 13.0 Å². The molecule has 2 atom stereocenters. The van der Waals surface area contributed by atoms with Gasteiger partial charge < -0.3 is 24.3 Å². The molecule has 0 aliphatic rings. The van der Waals surface area contributed by atoms with E-state index in [1.54, 1.807) is 7.11 Å². The SMILES string of the molecule is COc1ccc(CCc2ccccc2OC[C@H](CN(C)C)ON[C@H](C=O)CCC(=O)O)cc1. The highest BCUT2D eigenvalue weighted by Gasteiger charge is 2.17. The summed E-state index contributed by atoms with van der Waals surface area (Å²) in [5.74, 6) is 0.669. The molecule has 0 aliphatic heterocycles. The van der Waals surface area contributed by atoms with Crippen LogP contribution in [0.15, 0.2) is 48.5 Å². The van der Waals surface area contributed by atoms with E-state index in [1.165, 1.54) is 5.56 Å². The third-order valence-electron chi connectivity index (χ3n) is 5.03. The highest BCUT2D eigenvalue weighted by atomic mass is 16.7. The molecular weight excluding hydrogens is 424 g/mol. The van der Waals surface area contributed by atoms with Crippen molar-refractivity contribution in [2.75, 3.05) is 34.4 Å². The molecule has 0 saturated carbocycles. The Labute approximate surface area is 195 Å². The van der Waals surface area contributed by atoms with Gasteiger partial charge in [-0.3, -0.25) is 9.63 Å². The number of likely N-dealkylation sites (N-methyl/N-ethyl adjacent to an activating group) is 1. The summed E-state index contributed by atoms with van der Waals surface area (Å²) in [5, 5.41) is 8.81. The molecule has 33 heavy (non-hydrogen) atoms. The number of carbonyl (C=O) groups excluding carboxylic acids is 1. The van der Waals surface area contributed by atoms with E-state index in [9.17, 15) is 9.59 Å². The van der Waals surface area contributed by atoms with Gasteiger partial charge in [0.25, 0.3) is 0 Å². The summed E-state index contributed by atoms with van der Waals surface area (Å²) in [6, 6.07) is 15.2. The highest BCUT2D eigenvalue weighted by molar-refractivity contribution is 5.68. The number of carboxylic acids is 1. The lowest BCUT2D eigenvalue weighted by molar-refractivity contribution is -0.137. The quantitative estimate of drug-likeness (QED) is 0.293.